The van der Waals surface area contributed by atoms with Crippen LogP contribution < -0.4 is 11.1 Å². The lowest BCUT2D eigenvalue weighted by atomic mass is 10.1. The van der Waals surface area contributed by atoms with Crippen molar-refractivity contribution in [1.82, 2.24) is 20.1 Å². The Bertz CT molecular complexity index is 1100. The lowest BCUT2D eigenvalue weighted by Crippen LogP contribution is -2.36. The summed E-state index contributed by atoms with van der Waals surface area (Å²) in [4.78, 5) is 22.5. The molecule has 3 aromatic rings. The van der Waals surface area contributed by atoms with Crippen molar-refractivity contribution in [3.63, 3.8) is 0 Å². The van der Waals surface area contributed by atoms with Crippen molar-refractivity contribution in [3.8, 4) is 17.1 Å². The molecule has 0 saturated heterocycles. The Balaban J connectivity index is 2.12. The number of para-hydroxylation sites is 1. The number of nitrogens with two attached hydrogens (primary N) is 1. The summed E-state index contributed by atoms with van der Waals surface area (Å²) in [5.74, 6) is -0.937. The fourth-order valence-electron chi connectivity index (χ4n) is 2.61. The van der Waals surface area contributed by atoms with Crippen LogP contribution in [0.2, 0.25) is 5.02 Å². The third-order valence-electron chi connectivity index (χ3n) is 3.76. The zero-order chi connectivity index (χ0) is 21.9. The summed E-state index contributed by atoms with van der Waals surface area (Å²) in [5.41, 5.74) is 4.20. The first-order valence-electron chi connectivity index (χ1n) is 8.27. The van der Waals surface area contributed by atoms with Gasteiger partial charge in [0.05, 0.1) is 17.0 Å². The molecule has 0 fully saturated rings. The molecule has 0 bridgehead atoms. The van der Waals surface area contributed by atoms with Gasteiger partial charge in [-0.25, -0.2) is 4.79 Å². The number of imide groups is 1. The average molecular weight is 456 g/mol. The molecule has 3 amide bonds. The zero-order valence-electron chi connectivity index (χ0n) is 15.0. The zero-order valence-corrected chi connectivity index (χ0v) is 16.6. The molecule has 1 aromatic heterocycles. The third kappa shape index (κ3) is 4.92. The highest BCUT2D eigenvalue weighted by Crippen LogP contribution is 2.37. The number of aromatic nitrogens is 3. The maximum Gasteiger partial charge on any atom is 0.418 e. The van der Waals surface area contributed by atoms with E-state index in [2.05, 4.69) is 10.2 Å². The van der Waals surface area contributed by atoms with Gasteiger partial charge in [-0.1, -0.05) is 47.6 Å². The highest BCUT2D eigenvalue weighted by atomic mass is 35.5. The summed E-state index contributed by atoms with van der Waals surface area (Å²) in [5, 5.41) is 10.2. The van der Waals surface area contributed by atoms with Crippen LogP contribution in [0.4, 0.5) is 18.0 Å². The van der Waals surface area contributed by atoms with Gasteiger partial charge in [-0.15, -0.1) is 10.2 Å². The predicted molar refractivity (Wildman–Crippen MR) is 105 cm³/mol. The number of carbonyl (C=O) groups excluding carboxylic acids is 2. The van der Waals surface area contributed by atoms with Gasteiger partial charge < -0.3 is 5.73 Å². The Kier molecular flexibility index (Phi) is 6.32. The quantitative estimate of drug-likeness (QED) is 0.568. The van der Waals surface area contributed by atoms with Crippen LogP contribution in [0, 0.1) is 0 Å². The van der Waals surface area contributed by atoms with E-state index in [4.69, 9.17) is 17.3 Å². The van der Waals surface area contributed by atoms with Gasteiger partial charge >= 0.3 is 12.2 Å². The molecule has 3 rings (SSSR count). The molecule has 156 valence electrons. The molecule has 0 radical (unpaired) electrons. The molecule has 0 aliphatic heterocycles. The van der Waals surface area contributed by atoms with Gasteiger partial charge in [-0.05, 0) is 24.3 Å². The summed E-state index contributed by atoms with van der Waals surface area (Å²) in [6, 6.07) is 10.3. The first-order valence-corrected chi connectivity index (χ1v) is 9.63. The lowest BCUT2D eigenvalue weighted by molar-refractivity contribution is -0.137. The van der Waals surface area contributed by atoms with Gasteiger partial charge in [0.1, 0.15) is 0 Å². The molecule has 12 heteroatoms. The van der Waals surface area contributed by atoms with Crippen LogP contribution in [-0.4, -0.2) is 32.5 Å². The molecule has 2 aromatic carbocycles. The average Bonchev–Trinajstić information content (AvgIpc) is 3.09. The summed E-state index contributed by atoms with van der Waals surface area (Å²) in [6.07, 6.45) is -4.64. The third-order valence-corrected chi connectivity index (χ3v) is 4.93. The normalized spacial score (nSPS) is 11.3. The number of halogens is 4. The van der Waals surface area contributed by atoms with E-state index in [0.29, 0.717) is 10.6 Å². The SMILES string of the molecule is NC(=O)NC(=O)CSc1nnc(-c2cccc(Cl)c2)n1-c1ccccc1C(F)(F)F. The first-order chi connectivity index (χ1) is 14.2. The molecule has 0 unspecified atom stereocenters. The van der Waals surface area contributed by atoms with E-state index in [9.17, 15) is 22.8 Å². The van der Waals surface area contributed by atoms with Crippen molar-refractivity contribution in [2.75, 3.05) is 5.75 Å². The minimum atomic E-state index is -4.64. The number of rotatable bonds is 5. The fourth-order valence-corrected chi connectivity index (χ4v) is 3.54. The number of thioether (sulfide) groups is 1. The second-order valence-electron chi connectivity index (χ2n) is 5.87. The number of hydrogen-bond acceptors (Lipinski definition) is 5. The minimum Gasteiger partial charge on any atom is -0.351 e. The van der Waals surface area contributed by atoms with Crippen molar-refractivity contribution in [1.29, 1.82) is 0 Å². The summed E-state index contributed by atoms with van der Waals surface area (Å²) in [6.45, 7) is 0. The van der Waals surface area contributed by atoms with Crippen molar-refractivity contribution in [2.24, 2.45) is 5.73 Å². The lowest BCUT2D eigenvalue weighted by Gasteiger charge is -2.16. The second kappa shape index (κ2) is 8.76. The van der Waals surface area contributed by atoms with Crippen LogP contribution in [-0.2, 0) is 11.0 Å². The number of amides is 3. The largest absolute Gasteiger partial charge is 0.418 e. The summed E-state index contributed by atoms with van der Waals surface area (Å²) >= 11 is 6.82. The van der Waals surface area contributed by atoms with Crippen LogP contribution in [0.1, 0.15) is 5.56 Å². The van der Waals surface area contributed by atoms with Gasteiger partial charge in [-0.2, -0.15) is 13.2 Å². The second-order valence-corrected chi connectivity index (χ2v) is 7.25. The van der Waals surface area contributed by atoms with Crippen molar-refractivity contribution in [3.05, 3.63) is 59.1 Å². The Hall–Kier alpha value is -3.05. The Labute approximate surface area is 177 Å². The molecule has 0 aliphatic rings. The number of benzene rings is 2. The van der Waals surface area contributed by atoms with E-state index >= 15 is 0 Å². The smallest absolute Gasteiger partial charge is 0.351 e. The Morgan fingerprint density at radius 2 is 1.87 bits per heavy atom. The van der Waals surface area contributed by atoms with Crippen LogP contribution in [0.15, 0.2) is 53.7 Å². The number of hydrogen-bond donors (Lipinski definition) is 2. The van der Waals surface area contributed by atoms with Crippen molar-refractivity contribution >= 4 is 35.3 Å². The van der Waals surface area contributed by atoms with Crippen LogP contribution in [0.25, 0.3) is 17.1 Å². The minimum absolute atomic E-state index is 0.0151. The molecule has 30 heavy (non-hydrogen) atoms. The predicted octanol–water partition coefficient (Wildman–Crippen LogP) is 3.89. The van der Waals surface area contributed by atoms with Crippen molar-refractivity contribution in [2.45, 2.75) is 11.3 Å². The van der Waals surface area contributed by atoms with Crippen LogP contribution in [0.5, 0.6) is 0 Å². The summed E-state index contributed by atoms with van der Waals surface area (Å²) < 4.78 is 42.1. The molecular formula is C18H13ClF3N5O2S. The van der Waals surface area contributed by atoms with Crippen molar-refractivity contribution < 1.29 is 22.8 Å². The molecule has 1 heterocycles. The van der Waals surface area contributed by atoms with E-state index < -0.39 is 23.7 Å². The number of nitrogens with zero attached hydrogens (tertiary/aromatic N) is 3. The number of nitrogens with one attached hydrogen (secondary N) is 1. The Morgan fingerprint density at radius 3 is 2.53 bits per heavy atom. The molecule has 0 saturated carbocycles. The van der Waals surface area contributed by atoms with Gasteiger partial charge in [0.2, 0.25) is 5.91 Å². The van der Waals surface area contributed by atoms with E-state index in [1.165, 1.54) is 28.8 Å². The number of carbonyl (C=O) groups is 2. The molecule has 3 N–H and O–H groups in total. The number of alkyl halides is 3. The molecule has 0 atom stereocenters. The fraction of sp³-hybridized carbons (Fsp3) is 0.111. The van der Waals surface area contributed by atoms with Gasteiger partial charge in [0.25, 0.3) is 0 Å². The highest BCUT2D eigenvalue weighted by Gasteiger charge is 2.35. The maximum atomic E-state index is 13.6. The maximum absolute atomic E-state index is 13.6. The molecule has 7 nitrogen and oxygen atoms in total. The number of primary amides is 1. The molecular weight excluding hydrogens is 443 g/mol. The highest BCUT2D eigenvalue weighted by molar-refractivity contribution is 7.99. The van der Waals surface area contributed by atoms with E-state index in [1.807, 2.05) is 5.32 Å². The summed E-state index contributed by atoms with van der Waals surface area (Å²) in [7, 11) is 0. The van der Waals surface area contributed by atoms with Gasteiger partial charge in [-0.3, -0.25) is 14.7 Å². The van der Waals surface area contributed by atoms with E-state index in [1.54, 1.807) is 18.2 Å². The van der Waals surface area contributed by atoms with E-state index in [0.717, 1.165) is 17.8 Å². The molecule has 0 aliphatic carbocycles. The van der Waals surface area contributed by atoms with Gasteiger partial charge in [0.15, 0.2) is 11.0 Å². The Morgan fingerprint density at radius 1 is 1.13 bits per heavy atom. The van der Waals surface area contributed by atoms with Crippen LogP contribution in [0.3, 0.4) is 0 Å². The van der Waals surface area contributed by atoms with Crippen LogP contribution >= 0.6 is 23.4 Å². The van der Waals surface area contributed by atoms with E-state index in [-0.39, 0.29) is 22.4 Å². The molecule has 0 spiro atoms. The standard InChI is InChI=1S/C18H13ClF3N5O2S/c19-11-5-3-4-10(8-11)15-25-26-17(30-9-14(28)24-16(23)29)27(15)13-7-2-1-6-12(13)18(20,21)22/h1-8H,9H2,(H3,23,24,28,29). The number of urea groups is 1. The topological polar surface area (TPSA) is 103 Å². The monoisotopic (exact) mass is 455 g/mol. The first kappa shape index (κ1) is 21.7. The van der Waals surface area contributed by atoms with Gasteiger partial charge in [0, 0.05) is 10.6 Å².